The second kappa shape index (κ2) is 7.37. The van der Waals surface area contributed by atoms with Crippen molar-refractivity contribution in [2.75, 3.05) is 11.4 Å². The first-order valence-corrected chi connectivity index (χ1v) is 9.85. The van der Waals surface area contributed by atoms with E-state index < -0.39 is 5.82 Å². The van der Waals surface area contributed by atoms with E-state index in [1.165, 1.54) is 17.0 Å². The summed E-state index contributed by atoms with van der Waals surface area (Å²) >= 11 is 0. The summed E-state index contributed by atoms with van der Waals surface area (Å²) in [5, 5.41) is 0. The Morgan fingerprint density at radius 1 is 0.900 bits per heavy atom. The van der Waals surface area contributed by atoms with Crippen LogP contribution in [0.15, 0.2) is 72.8 Å². The van der Waals surface area contributed by atoms with Gasteiger partial charge in [-0.25, -0.2) is 13.8 Å². The summed E-state index contributed by atoms with van der Waals surface area (Å²) in [6.45, 7) is 0.646. The number of hydrogen-bond acceptors (Lipinski definition) is 2. The Labute approximate surface area is 172 Å². The van der Waals surface area contributed by atoms with Crippen molar-refractivity contribution in [1.82, 2.24) is 9.55 Å². The van der Waals surface area contributed by atoms with Crippen LogP contribution in [0.1, 0.15) is 23.7 Å². The van der Waals surface area contributed by atoms with Crippen LogP contribution in [0.25, 0.3) is 11.0 Å². The highest BCUT2D eigenvalue weighted by Gasteiger charge is 2.35. The topological polar surface area (TPSA) is 38.1 Å². The molecule has 4 aromatic rings. The van der Waals surface area contributed by atoms with E-state index in [4.69, 9.17) is 4.98 Å². The predicted octanol–water partition coefficient (Wildman–Crippen LogP) is 4.88. The van der Waals surface area contributed by atoms with E-state index in [1.54, 1.807) is 36.4 Å². The number of nitrogens with zero attached hydrogens (tertiary/aromatic N) is 3. The molecule has 0 spiro atoms. The molecule has 150 valence electrons. The minimum atomic E-state index is -0.425. The molecule has 3 aromatic carbocycles. The van der Waals surface area contributed by atoms with Crippen LogP contribution in [0.5, 0.6) is 0 Å². The maximum atomic E-state index is 14.3. The molecule has 1 saturated heterocycles. The zero-order valence-corrected chi connectivity index (χ0v) is 16.1. The average Bonchev–Trinajstić information content (AvgIpc) is 3.31. The Kier molecular flexibility index (Phi) is 4.54. The highest BCUT2D eigenvalue weighted by molar-refractivity contribution is 5.96. The second-order valence-electron chi connectivity index (χ2n) is 7.49. The number of para-hydroxylation sites is 3. The highest BCUT2D eigenvalue weighted by atomic mass is 19.1. The maximum absolute atomic E-state index is 14.3. The van der Waals surface area contributed by atoms with Gasteiger partial charge < -0.3 is 9.47 Å². The number of fused-ring (bicyclic) bond motifs is 1. The molecule has 0 aliphatic carbocycles. The Balaban J connectivity index is 1.55. The third-order valence-corrected chi connectivity index (χ3v) is 5.60. The smallest absolute Gasteiger partial charge is 0.227 e. The molecule has 1 amide bonds. The van der Waals surface area contributed by atoms with Gasteiger partial charge in [-0.05, 0) is 30.3 Å². The summed E-state index contributed by atoms with van der Waals surface area (Å²) in [5.74, 6) is -0.347. The number of rotatable bonds is 4. The van der Waals surface area contributed by atoms with Crippen molar-refractivity contribution in [1.29, 1.82) is 0 Å². The van der Waals surface area contributed by atoms with Gasteiger partial charge in [-0.3, -0.25) is 4.79 Å². The van der Waals surface area contributed by atoms with Crippen molar-refractivity contribution in [3.8, 4) is 0 Å². The first-order valence-electron chi connectivity index (χ1n) is 9.85. The van der Waals surface area contributed by atoms with Crippen LogP contribution in [-0.2, 0) is 11.3 Å². The summed E-state index contributed by atoms with van der Waals surface area (Å²) < 4.78 is 30.6. The first kappa shape index (κ1) is 18.5. The van der Waals surface area contributed by atoms with Gasteiger partial charge in [0.2, 0.25) is 5.91 Å². The summed E-state index contributed by atoms with van der Waals surface area (Å²) in [6.07, 6.45) is 0.231. The van der Waals surface area contributed by atoms with Crippen LogP contribution in [0.4, 0.5) is 14.5 Å². The molecule has 0 saturated carbocycles. The Morgan fingerprint density at radius 2 is 1.60 bits per heavy atom. The van der Waals surface area contributed by atoms with Crippen molar-refractivity contribution in [2.24, 2.45) is 0 Å². The fraction of sp³-hybridized carbons (Fsp3) is 0.167. The molecule has 2 heterocycles. The minimum Gasteiger partial charge on any atom is -0.323 e. The molecule has 5 rings (SSSR count). The molecule has 30 heavy (non-hydrogen) atoms. The van der Waals surface area contributed by atoms with E-state index in [2.05, 4.69) is 0 Å². The van der Waals surface area contributed by atoms with Crippen LogP contribution in [0.2, 0.25) is 0 Å². The number of hydrogen-bond donors (Lipinski definition) is 0. The van der Waals surface area contributed by atoms with E-state index in [9.17, 15) is 13.6 Å². The molecule has 4 nitrogen and oxygen atoms in total. The van der Waals surface area contributed by atoms with Crippen LogP contribution in [-0.4, -0.2) is 22.0 Å². The van der Waals surface area contributed by atoms with Gasteiger partial charge in [0.15, 0.2) is 0 Å². The lowest BCUT2D eigenvalue weighted by atomic mass is 10.1. The largest absolute Gasteiger partial charge is 0.323 e. The van der Waals surface area contributed by atoms with Crippen LogP contribution in [0, 0.1) is 11.6 Å². The third kappa shape index (κ3) is 3.14. The van der Waals surface area contributed by atoms with Crippen molar-refractivity contribution in [3.05, 3.63) is 95.8 Å². The molecule has 1 aliphatic rings. The molecular weight excluding hydrogens is 384 g/mol. The number of carbonyl (C=O) groups is 1. The molecule has 6 heteroatoms. The molecule has 1 atom stereocenters. The van der Waals surface area contributed by atoms with E-state index in [1.807, 2.05) is 28.8 Å². The third-order valence-electron chi connectivity index (χ3n) is 5.60. The van der Waals surface area contributed by atoms with Gasteiger partial charge in [-0.15, -0.1) is 0 Å². The van der Waals surface area contributed by atoms with Gasteiger partial charge in [0.1, 0.15) is 17.5 Å². The van der Waals surface area contributed by atoms with E-state index in [0.29, 0.717) is 24.5 Å². The quantitative estimate of drug-likeness (QED) is 0.487. The number of benzene rings is 3. The lowest BCUT2D eigenvalue weighted by Gasteiger charge is -2.18. The van der Waals surface area contributed by atoms with Gasteiger partial charge in [0, 0.05) is 24.4 Å². The monoisotopic (exact) mass is 403 g/mol. The SMILES string of the molecule is O=C1C[C@@H](c2nc3ccccc3n2Cc2ccccc2F)CN1c1ccccc1F. The Morgan fingerprint density at radius 3 is 2.40 bits per heavy atom. The van der Waals surface area contributed by atoms with Crippen molar-refractivity contribution in [2.45, 2.75) is 18.9 Å². The molecule has 0 bridgehead atoms. The summed E-state index contributed by atoms with van der Waals surface area (Å²) in [7, 11) is 0. The number of halogens is 2. The average molecular weight is 403 g/mol. The zero-order chi connectivity index (χ0) is 20.7. The summed E-state index contributed by atoms with van der Waals surface area (Å²) in [4.78, 5) is 19.0. The normalized spacial score (nSPS) is 16.5. The van der Waals surface area contributed by atoms with Gasteiger partial charge >= 0.3 is 0 Å². The number of anilines is 1. The first-order chi connectivity index (χ1) is 14.6. The fourth-order valence-corrected chi connectivity index (χ4v) is 4.15. The second-order valence-corrected chi connectivity index (χ2v) is 7.49. The maximum Gasteiger partial charge on any atom is 0.227 e. The Hall–Kier alpha value is -3.54. The molecule has 0 radical (unpaired) electrons. The molecule has 0 unspecified atom stereocenters. The van der Waals surface area contributed by atoms with Gasteiger partial charge in [-0.1, -0.05) is 42.5 Å². The lowest BCUT2D eigenvalue weighted by molar-refractivity contribution is -0.117. The van der Waals surface area contributed by atoms with E-state index >= 15 is 0 Å². The van der Waals surface area contributed by atoms with Crippen LogP contribution < -0.4 is 4.90 Å². The van der Waals surface area contributed by atoms with Crippen molar-refractivity contribution < 1.29 is 13.6 Å². The molecule has 1 fully saturated rings. The van der Waals surface area contributed by atoms with E-state index in [0.717, 1.165) is 11.0 Å². The van der Waals surface area contributed by atoms with Crippen LogP contribution >= 0.6 is 0 Å². The Bertz CT molecular complexity index is 1250. The van der Waals surface area contributed by atoms with Crippen molar-refractivity contribution in [3.63, 3.8) is 0 Å². The van der Waals surface area contributed by atoms with E-state index in [-0.39, 0.29) is 29.8 Å². The standard InChI is InChI=1S/C24H19F2N3O/c25-18-8-2-1-7-16(18)14-29-22-12-6-4-10-20(22)27-24(29)17-13-23(30)28(15-17)21-11-5-3-9-19(21)26/h1-12,17H,13-15H2/t17-/m1/s1. The lowest BCUT2D eigenvalue weighted by Crippen LogP contribution is -2.25. The molecule has 0 N–H and O–H groups in total. The molecule has 1 aromatic heterocycles. The minimum absolute atomic E-state index is 0.144. The summed E-state index contributed by atoms with van der Waals surface area (Å²) in [6, 6.07) is 20.6. The molecular formula is C24H19F2N3O. The number of carbonyl (C=O) groups excluding carboxylic acids is 1. The summed E-state index contributed by atoms with van der Waals surface area (Å²) in [5.41, 5.74) is 2.51. The number of aromatic nitrogens is 2. The molecule has 1 aliphatic heterocycles. The fourth-order valence-electron chi connectivity index (χ4n) is 4.15. The van der Waals surface area contributed by atoms with Crippen LogP contribution in [0.3, 0.4) is 0 Å². The number of amides is 1. The van der Waals surface area contributed by atoms with Crippen molar-refractivity contribution >= 4 is 22.6 Å². The highest BCUT2D eigenvalue weighted by Crippen LogP contribution is 2.34. The van der Waals surface area contributed by atoms with Gasteiger partial charge in [-0.2, -0.15) is 0 Å². The van der Waals surface area contributed by atoms with Gasteiger partial charge in [0.05, 0.1) is 23.3 Å². The number of imidazole rings is 1. The predicted molar refractivity (Wildman–Crippen MR) is 111 cm³/mol. The zero-order valence-electron chi connectivity index (χ0n) is 16.1. The van der Waals surface area contributed by atoms with Gasteiger partial charge in [0.25, 0.3) is 0 Å².